The summed E-state index contributed by atoms with van der Waals surface area (Å²) < 4.78 is 2.32. The molecule has 0 saturated carbocycles. The average molecular weight is 1890 g/mol. The molecule has 0 aliphatic carbocycles. The van der Waals surface area contributed by atoms with Crippen LogP contribution >= 0.6 is 11.3 Å². The van der Waals surface area contributed by atoms with Crippen LogP contribution in [0.1, 0.15) is 0 Å². The Morgan fingerprint density at radius 2 is 0.435 bits per heavy atom. The third kappa shape index (κ3) is 17.2. The van der Waals surface area contributed by atoms with Crippen molar-refractivity contribution in [2.75, 3.05) is 0 Å². The molecule has 0 spiro atoms. The van der Waals surface area contributed by atoms with Crippen molar-refractivity contribution in [2.24, 2.45) is 0 Å². The minimum atomic E-state index is 0.714. The van der Waals surface area contributed by atoms with E-state index in [1.54, 1.807) is 11.3 Å². The lowest BCUT2D eigenvalue weighted by Gasteiger charge is -2.13. The first kappa shape index (κ1) is 87.8. The molecule has 0 N–H and O–H groups in total. The molecule has 0 fully saturated rings. The quantitative estimate of drug-likeness (QED) is 0.0925. The molecule has 0 aliphatic rings. The summed E-state index contributed by atoms with van der Waals surface area (Å²) in [6.07, 6.45) is 5.60. The Hall–Kier alpha value is -19.4. The minimum absolute atomic E-state index is 0.714. The maximum atomic E-state index is 5.27. The standard InChI is InChI=1S/C47H29N3S.2C45H29N3/c1-2-9-30(10-3-1)31-20-24-35(25-21-31)44-46-45(41-14-4-5-17-42(41)51-46)50-47(49-44)37-12-6-11-36(29-37)32-18-22-33(23-19-32)38-15-7-16-40-39(38)27-26-34-13-8-28-48-43(34)40;1-2-9-30(10-3-1)31-20-24-35(25-21-31)44-45(48-42-17-5-4-16-41(42)47-44)37-12-6-11-36(29-37)32-18-22-33(23-19-32)38-14-7-15-40-39(38)27-26-34-13-8-28-46-43(34)40;1-2-9-30(10-3-1)31-20-24-35(25-21-31)44-41-14-4-5-17-42(41)47-45(48-44)37-12-6-11-36(29-37)32-18-22-33(23-19-32)38-15-7-16-40-39(38)27-26-34-13-8-28-46-43(34)40/h1-29H;2*1-29H. The number of rotatable bonds is 15. The molecule has 28 aromatic rings. The highest BCUT2D eigenvalue weighted by molar-refractivity contribution is 7.26. The molecule has 0 bridgehead atoms. The fourth-order valence-corrected chi connectivity index (χ4v) is 21.8. The number of pyridine rings is 3. The first-order valence-corrected chi connectivity index (χ1v) is 50.3. The molecule has 28 rings (SSSR count). The molecule has 686 valence electrons. The summed E-state index contributed by atoms with van der Waals surface area (Å²) in [5, 5.41) is 12.8. The van der Waals surface area contributed by atoms with Crippen LogP contribution in [0.2, 0.25) is 0 Å². The summed E-state index contributed by atoms with van der Waals surface area (Å²) in [6, 6.07) is 179. The lowest BCUT2D eigenvalue weighted by Crippen LogP contribution is -1.96. The van der Waals surface area contributed by atoms with Crippen LogP contribution in [-0.2, 0) is 0 Å². The number of benzene rings is 21. The van der Waals surface area contributed by atoms with Crippen LogP contribution in [0, 0.1) is 0 Å². The summed E-state index contributed by atoms with van der Waals surface area (Å²) in [5.41, 5.74) is 37.7. The average Bonchev–Trinajstić information content (AvgIpc) is 1.54. The van der Waals surface area contributed by atoms with Gasteiger partial charge in [0, 0.05) is 99.8 Å². The summed E-state index contributed by atoms with van der Waals surface area (Å²) in [5.74, 6) is 1.44. The molecule has 9 nitrogen and oxygen atoms in total. The van der Waals surface area contributed by atoms with E-state index >= 15 is 0 Å². The Kier molecular flexibility index (Phi) is 23.0. The zero-order valence-corrected chi connectivity index (χ0v) is 80.5. The van der Waals surface area contributed by atoms with Crippen molar-refractivity contribution in [2.45, 2.75) is 0 Å². The maximum absolute atomic E-state index is 5.27. The van der Waals surface area contributed by atoms with Crippen LogP contribution in [0.5, 0.6) is 0 Å². The maximum Gasteiger partial charge on any atom is 0.160 e. The minimum Gasteiger partial charge on any atom is -0.256 e. The van der Waals surface area contributed by atoms with E-state index < -0.39 is 0 Å². The lowest BCUT2D eigenvalue weighted by molar-refractivity contribution is 1.23. The van der Waals surface area contributed by atoms with Gasteiger partial charge in [0.15, 0.2) is 11.6 Å². The van der Waals surface area contributed by atoms with E-state index in [9.17, 15) is 0 Å². The van der Waals surface area contributed by atoms with Crippen molar-refractivity contribution < 1.29 is 0 Å². The number of aromatic nitrogens is 9. The monoisotopic (exact) mass is 1890 g/mol. The highest BCUT2D eigenvalue weighted by atomic mass is 32.1. The van der Waals surface area contributed by atoms with Crippen LogP contribution in [0.4, 0.5) is 0 Å². The lowest BCUT2D eigenvalue weighted by atomic mass is 9.94. The first-order chi connectivity index (χ1) is 72.8. The second kappa shape index (κ2) is 38.6. The van der Waals surface area contributed by atoms with Crippen molar-refractivity contribution in [3.8, 4) is 168 Å². The van der Waals surface area contributed by atoms with Crippen molar-refractivity contribution in [1.29, 1.82) is 0 Å². The van der Waals surface area contributed by atoms with Gasteiger partial charge in [-0.05, 0) is 177 Å². The SMILES string of the molecule is c1ccc(-c2ccc(-c3nc(-c4cccc(-c5ccc(-c6cccc7c6ccc6cccnc67)cc5)c4)nc4c3sc3ccccc34)cc2)cc1.c1ccc(-c2ccc(-c3nc(-c4cccc(-c5ccc(-c6cccc7c6ccc6cccnc67)cc5)c4)nc4ccccc34)cc2)cc1.c1ccc(-c2ccc(-c3nc4ccccc4nc3-c3cccc(-c4ccc(-c5cccc6c5ccc5cccnc56)cc4)c3)cc2)cc1. The van der Waals surface area contributed by atoms with Crippen LogP contribution in [0.3, 0.4) is 0 Å². The third-order valence-electron chi connectivity index (χ3n) is 28.0. The normalized spacial score (nSPS) is 11.4. The van der Waals surface area contributed by atoms with Gasteiger partial charge in [-0.25, -0.2) is 29.9 Å². The highest BCUT2D eigenvalue weighted by Crippen LogP contribution is 2.45. The number of para-hydroxylation sites is 3. The number of hydrogen-bond donors (Lipinski definition) is 0. The molecule has 21 aromatic carbocycles. The largest absolute Gasteiger partial charge is 0.256 e. The van der Waals surface area contributed by atoms with Gasteiger partial charge in [0.2, 0.25) is 0 Å². The van der Waals surface area contributed by atoms with Gasteiger partial charge in [0.1, 0.15) is 0 Å². The smallest absolute Gasteiger partial charge is 0.160 e. The highest BCUT2D eigenvalue weighted by Gasteiger charge is 2.23. The number of hydrogen-bond acceptors (Lipinski definition) is 10. The summed E-state index contributed by atoms with van der Waals surface area (Å²) in [7, 11) is 0. The molecule has 0 saturated heterocycles. The summed E-state index contributed by atoms with van der Waals surface area (Å²) >= 11 is 1.76. The summed E-state index contributed by atoms with van der Waals surface area (Å²) in [6.45, 7) is 0. The molecular formula is C137H87N9S. The van der Waals surface area contributed by atoms with Crippen LogP contribution in [0.15, 0.2) is 528 Å². The number of fused-ring (bicyclic) bond motifs is 14. The zero-order valence-electron chi connectivity index (χ0n) is 79.7. The van der Waals surface area contributed by atoms with Gasteiger partial charge in [-0.1, -0.05) is 449 Å². The van der Waals surface area contributed by atoms with Crippen LogP contribution in [0.25, 0.3) is 275 Å². The molecular weight excluding hydrogens is 1800 g/mol. The van der Waals surface area contributed by atoms with Gasteiger partial charge in [0.25, 0.3) is 0 Å². The number of thiophene rings is 1. The van der Waals surface area contributed by atoms with Gasteiger partial charge < -0.3 is 0 Å². The van der Waals surface area contributed by atoms with E-state index in [0.29, 0.717) is 5.82 Å². The number of nitrogens with zero attached hydrogens (tertiary/aromatic N) is 9. The van der Waals surface area contributed by atoms with E-state index in [-0.39, 0.29) is 0 Å². The Balaban J connectivity index is 0.000000112. The molecule has 147 heavy (non-hydrogen) atoms. The molecule has 7 aromatic heterocycles. The Morgan fingerprint density at radius 1 is 0.143 bits per heavy atom. The molecule has 0 aliphatic heterocycles. The third-order valence-corrected chi connectivity index (χ3v) is 29.2. The second-order valence-electron chi connectivity index (χ2n) is 36.9. The van der Waals surface area contributed by atoms with E-state index in [1.165, 1.54) is 104 Å². The molecule has 0 atom stereocenters. The molecule has 0 unspecified atom stereocenters. The van der Waals surface area contributed by atoms with E-state index in [4.69, 9.17) is 29.9 Å². The van der Waals surface area contributed by atoms with E-state index in [0.717, 1.165) is 166 Å². The van der Waals surface area contributed by atoms with Crippen molar-refractivity contribution in [3.05, 3.63) is 528 Å². The van der Waals surface area contributed by atoms with E-state index in [2.05, 4.69) is 458 Å². The van der Waals surface area contributed by atoms with Crippen molar-refractivity contribution >= 4 is 119 Å². The fraction of sp³-hybridized carbons (Fsp3) is 0. The van der Waals surface area contributed by atoms with Crippen molar-refractivity contribution in [1.82, 2.24) is 44.9 Å². The molecule has 0 radical (unpaired) electrons. The van der Waals surface area contributed by atoms with Gasteiger partial charge in [-0.15, -0.1) is 11.3 Å². The summed E-state index contributed by atoms with van der Waals surface area (Å²) in [4.78, 5) is 45.0. The topological polar surface area (TPSA) is 116 Å². The Labute approximate surface area is 853 Å². The molecule has 10 heteroatoms. The van der Waals surface area contributed by atoms with E-state index in [1.807, 2.05) is 85.3 Å². The zero-order chi connectivity index (χ0) is 97.5. The first-order valence-electron chi connectivity index (χ1n) is 49.5. The van der Waals surface area contributed by atoms with Gasteiger partial charge in [-0.3, -0.25) is 15.0 Å². The van der Waals surface area contributed by atoms with Gasteiger partial charge in [-0.2, -0.15) is 0 Å². The predicted octanol–water partition coefficient (Wildman–Crippen LogP) is 36.2. The molecule has 0 amide bonds. The predicted molar refractivity (Wildman–Crippen MR) is 614 cm³/mol. The Bertz CT molecular complexity index is 9880. The van der Waals surface area contributed by atoms with Crippen LogP contribution in [-0.4, -0.2) is 44.9 Å². The van der Waals surface area contributed by atoms with Crippen LogP contribution < -0.4 is 0 Å². The van der Waals surface area contributed by atoms with Crippen molar-refractivity contribution in [3.63, 3.8) is 0 Å². The van der Waals surface area contributed by atoms with Gasteiger partial charge >= 0.3 is 0 Å². The molecule has 7 heterocycles. The fourth-order valence-electron chi connectivity index (χ4n) is 20.6. The van der Waals surface area contributed by atoms with Gasteiger partial charge in [0.05, 0.1) is 66.1 Å². The Morgan fingerprint density at radius 3 is 0.864 bits per heavy atom. The second-order valence-corrected chi connectivity index (χ2v) is 38.0.